The molecule has 98 valence electrons. The molecular weight excluding hydrogens is 243 g/mol. The van der Waals surface area contributed by atoms with Crippen LogP contribution in [-0.4, -0.2) is 68.0 Å². The zero-order valence-electron chi connectivity index (χ0n) is 8.30. The van der Waals surface area contributed by atoms with E-state index < -0.39 is 9.17 Å². The van der Waals surface area contributed by atoms with E-state index in [1.165, 1.54) is 0 Å². The molecule has 0 aliphatic heterocycles. The quantitative estimate of drug-likeness (QED) is 0.402. The van der Waals surface area contributed by atoms with Gasteiger partial charge in [-0.2, -0.15) is 0 Å². The molecule has 14 heavy (non-hydrogen) atoms. The molecule has 0 radical (unpaired) electrons. The van der Waals surface area contributed by atoms with Gasteiger partial charge in [-0.3, -0.25) is 4.46 Å². The predicted octanol–water partition coefficient (Wildman–Crippen LogP) is -11.9. The van der Waals surface area contributed by atoms with Gasteiger partial charge in [-0.15, -0.1) is 0 Å². The van der Waals surface area contributed by atoms with Crippen LogP contribution in [0.3, 0.4) is 0 Å². The van der Waals surface area contributed by atoms with Gasteiger partial charge in [-0.25, -0.2) is 0 Å². The van der Waals surface area contributed by atoms with E-state index in [-0.39, 0.29) is 80.3 Å². The Bertz CT molecular complexity index is 38.6. The van der Waals surface area contributed by atoms with Crippen molar-refractivity contribution < 1.29 is 94.3 Å². The maximum Gasteiger partial charge on any atom is 1.00 e. The van der Waals surface area contributed by atoms with Crippen LogP contribution in [0.1, 0.15) is 1.43 Å². The minimum absolute atomic E-state index is 0. The molecule has 0 rings (SSSR count). The van der Waals surface area contributed by atoms with E-state index in [9.17, 15) is 0 Å². The molecule has 0 spiro atoms. The molecular formula is H21NaO12Si. The van der Waals surface area contributed by atoms with Crippen LogP contribution in [0.5, 0.6) is 0 Å². The zero-order chi connectivity index (χ0) is 3.58. The number of hydrogen-bond acceptors (Lipinski definition) is 1. The summed E-state index contributed by atoms with van der Waals surface area (Å²) in [4.78, 5) is 14.3. The van der Waals surface area contributed by atoms with Gasteiger partial charge in [0, 0.05) is 0 Å². The largest absolute Gasteiger partial charge is 1.00 e. The van der Waals surface area contributed by atoms with Gasteiger partial charge in [0.25, 0.3) is 0 Å². The molecule has 0 amide bonds. The third kappa shape index (κ3) is 23500. The van der Waals surface area contributed by atoms with Gasteiger partial charge in [-0.1, -0.05) is 0 Å². The Hall–Kier alpha value is 0.257. The summed E-state index contributed by atoms with van der Waals surface area (Å²) in [6.07, 6.45) is 0. The Balaban J connectivity index is -0.000000000818. The monoisotopic (exact) mass is 264 g/mol. The molecule has 0 aliphatic rings. The van der Waals surface area contributed by atoms with E-state index in [4.69, 9.17) is 14.1 Å². The number of rotatable bonds is 0. The first kappa shape index (κ1) is 236. The zero-order valence-corrected chi connectivity index (χ0v) is 10.3. The minimum atomic E-state index is -3.13. The van der Waals surface area contributed by atoms with E-state index in [2.05, 4.69) is 0 Å². The second-order valence-electron chi connectivity index (χ2n) is 0.283. The summed E-state index contributed by atoms with van der Waals surface area (Å²) in [5, 5.41) is 0. The first-order chi connectivity index (χ1) is 1.73. The predicted molar refractivity (Wildman–Crippen MR) is 44.5 cm³/mol. The maximum atomic E-state index is 8.74. The summed E-state index contributed by atoms with van der Waals surface area (Å²) in [6, 6.07) is 0. The minimum Gasteiger partial charge on any atom is -1.00 e. The van der Waals surface area contributed by atoms with Crippen LogP contribution >= 0.6 is 0 Å². The Morgan fingerprint density at radius 2 is 0.643 bits per heavy atom. The van der Waals surface area contributed by atoms with Crippen LogP contribution in [0.25, 0.3) is 0 Å². The van der Waals surface area contributed by atoms with Gasteiger partial charge in [0.1, 0.15) is 0 Å². The van der Waals surface area contributed by atoms with E-state index in [0.29, 0.717) is 0 Å². The van der Waals surface area contributed by atoms with Gasteiger partial charge in [0.2, 0.25) is 0 Å². The van der Waals surface area contributed by atoms with Crippen molar-refractivity contribution in [2.75, 3.05) is 0 Å². The third-order valence-corrected chi connectivity index (χ3v) is 0. The number of hydrogen-bond donors (Lipinski definition) is 2. The van der Waals surface area contributed by atoms with E-state index in [0.717, 1.165) is 0 Å². The SMILES string of the molecule is O.O.O.O.O.O.O.O.O.O=[Si](O)O.[H-].[Na+]. The molecule has 20 N–H and O–H groups in total. The molecule has 0 aromatic carbocycles. The van der Waals surface area contributed by atoms with Crippen LogP contribution in [0.15, 0.2) is 0 Å². The third-order valence-electron chi connectivity index (χ3n) is 0. The Morgan fingerprint density at radius 1 is 0.643 bits per heavy atom. The van der Waals surface area contributed by atoms with Crippen LogP contribution in [-0.2, 0) is 4.46 Å². The average Bonchev–Trinajstić information content (AvgIpc) is 0.811. The molecule has 0 aromatic heterocycles. The molecule has 0 aromatic rings. The molecule has 12 nitrogen and oxygen atoms in total. The molecule has 0 bridgehead atoms. The molecule has 0 atom stereocenters. The van der Waals surface area contributed by atoms with Gasteiger partial charge in [-0.05, 0) is 0 Å². The fourth-order valence-electron chi connectivity index (χ4n) is 0. The molecule has 14 heteroatoms. The van der Waals surface area contributed by atoms with Gasteiger partial charge < -0.3 is 60.3 Å². The standard InChI is InChI=1S/Na.H2O3Si.9H2O.H/c;1-4(2)3;;;;;;;;;;/h;1-2H;9*1H2;/q+1;;;;;;;;;;;-1. The molecule has 0 aliphatic carbocycles. The first-order valence-corrected chi connectivity index (χ1v) is 1.95. The van der Waals surface area contributed by atoms with Crippen molar-refractivity contribution >= 4 is 9.17 Å². The fourth-order valence-corrected chi connectivity index (χ4v) is 0. The average molecular weight is 264 g/mol. The van der Waals surface area contributed by atoms with Crippen LogP contribution < -0.4 is 29.6 Å². The van der Waals surface area contributed by atoms with Crippen molar-refractivity contribution in [2.24, 2.45) is 0 Å². The van der Waals surface area contributed by atoms with E-state index in [1.54, 1.807) is 0 Å². The molecule has 0 heterocycles. The Kier molecular flexibility index (Phi) is 3170. The van der Waals surface area contributed by atoms with Crippen molar-refractivity contribution in [2.45, 2.75) is 0 Å². The van der Waals surface area contributed by atoms with Crippen molar-refractivity contribution in [3.8, 4) is 0 Å². The van der Waals surface area contributed by atoms with Crippen molar-refractivity contribution in [1.29, 1.82) is 0 Å². The van der Waals surface area contributed by atoms with Crippen LogP contribution in [0.4, 0.5) is 0 Å². The second kappa shape index (κ2) is 188. The van der Waals surface area contributed by atoms with E-state index >= 15 is 0 Å². The molecule has 0 unspecified atom stereocenters. The normalized spacial score (nSPS) is 1.71. The molecule has 0 saturated heterocycles. The van der Waals surface area contributed by atoms with Crippen molar-refractivity contribution in [3.63, 3.8) is 0 Å². The molecule has 0 fully saturated rings. The summed E-state index contributed by atoms with van der Waals surface area (Å²) in [5.74, 6) is 0. The van der Waals surface area contributed by atoms with Gasteiger partial charge in [0.05, 0.1) is 0 Å². The van der Waals surface area contributed by atoms with Crippen LogP contribution in [0.2, 0.25) is 0 Å². The summed E-state index contributed by atoms with van der Waals surface area (Å²) in [7, 11) is -3.13. The van der Waals surface area contributed by atoms with Crippen LogP contribution in [0, 0.1) is 0 Å². The smallest absolute Gasteiger partial charge is 1.00 e. The Morgan fingerprint density at radius 3 is 0.643 bits per heavy atom. The Labute approximate surface area is 104 Å². The van der Waals surface area contributed by atoms with E-state index in [1.807, 2.05) is 0 Å². The van der Waals surface area contributed by atoms with Crippen molar-refractivity contribution in [1.82, 2.24) is 0 Å². The summed E-state index contributed by atoms with van der Waals surface area (Å²) in [6.45, 7) is 0. The first-order valence-electron chi connectivity index (χ1n) is 0.651. The maximum absolute atomic E-state index is 8.74. The van der Waals surface area contributed by atoms with Gasteiger partial charge >= 0.3 is 38.7 Å². The van der Waals surface area contributed by atoms with Gasteiger partial charge in [0.15, 0.2) is 0 Å². The summed E-state index contributed by atoms with van der Waals surface area (Å²) >= 11 is 0. The molecule has 0 saturated carbocycles. The summed E-state index contributed by atoms with van der Waals surface area (Å²) in [5.41, 5.74) is 0. The fraction of sp³-hybridized carbons (Fsp3) is 0. The topological polar surface area (TPSA) is 341 Å². The van der Waals surface area contributed by atoms with Crippen molar-refractivity contribution in [3.05, 3.63) is 0 Å². The second-order valence-corrected chi connectivity index (χ2v) is 0.848. The summed E-state index contributed by atoms with van der Waals surface area (Å²) < 4.78 is 8.74.